The van der Waals surface area contributed by atoms with Crippen molar-refractivity contribution < 1.29 is 14.3 Å². The largest absolute Gasteiger partial charge is 0.497 e. The number of carbonyl (C=O) groups is 1. The monoisotopic (exact) mass is 399 g/mol. The Labute approximate surface area is 167 Å². The summed E-state index contributed by atoms with van der Waals surface area (Å²) in [6, 6.07) is 14.5. The molecule has 1 amide bonds. The van der Waals surface area contributed by atoms with Crippen molar-refractivity contribution in [2.24, 2.45) is 0 Å². The van der Waals surface area contributed by atoms with Crippen LogP contribution < -0.4 is 20.6 Å². The van der Waals surface area contributed by atoms with Gasteiger partial charge in [-0.25, -0.2) is 4.68 Å². The number of thioether (sulfide) groups is 1. The number of carbonyl (C=O) groups excluding carboxylic acids is 1. The average molecular weight is 399 g/mol. The number of nitrogens with two attached hydrogens (primary N) is 1. The normalized spacial score (nSPS) is 10.5. The predicted octanol–water partition coefficient (Wildman–Crippen LogP) is 2.80. The summed E-state index contributed by atoms with van der Waals surface area (Å²) in [7, 11) is 1.59. The molecule has 2 aromatic carbocycles. The van der Waals surface area contributed by atoms with Gasteiger partial charge in [0.25, 0.3) is 0 Å². The minimum atomic E-state index is -0.166. The Bertz CT molecular complexity index is 926. The molecular formula is C19H21N5O3S. The van der Waals surface area contributed by atoms with Crippen molar-refractivity contribution in [2.45, 2.75) is 12.1 Å². The van der Waals surface area contributed by atoms with Crippen LogP contribution in [0.4, 0.5) is 5.69 Å². The zero-order valence-corrected chi connectivity index (χ0v) is 16.4. The smallest absolute Gasteiger partial charge is 0.234 e. The molecule has 0 fully saturated rings. The van der Waals surface area contributed by atoms with Crippen molar-refractivity contribution >= 4 is 23.4 Å². The third-order valence-electron chi connectivity index (χ3n) is 3.79. The number of rotatable bonds is 8. The number of hydrogen-bond acceptors (Lipinski definition) is 7. The Morgan fingerprint density at radius 3 is 2.43 bits per heavy atom. The van der Waals surface area contributed by atoms with Crippen molar-refractivity contribution in [3.05, 3.63) is 48.5 Å². The van der Waals surface area contributed by atoms with E-state index in [2.05, 4.69) is 15.5 Å². The van der Waals surface area contributed by atoms with Crippen molar-refractivity contribution in [3.63, 3.8) is 0 Å². The van der Waals surface area contributed by atoms with Gasteiger partial charge in [-0.05, 0) is 55.5 Å². The number of ether oxygens (including phenoxy) is 2. The quantitative estimate of drug-likeness (QED) is 0.443. The van der Waals surface area contributed by atoms with Crippen LogP contribution in [0.1, 0.15) is 6.92 Å². The van der Waals surface area contributed by atoms with Crippen LogP contribution in [0.5, 0.6) is 11.5 Å². The molecule has 28 heavy (non-hydrogen) atoms. The molecule has 146 valence electrons. The molecule has 0 spiro atoms. The summed E-state index contributed by atoms with van der Waals surface area (Å²) >= 11 is 1.21. The highest BCUT2D eigenvalue weighted by Crippen LogP contribution is 2.24. The number of amides is 1. The van der Waals surface area contributed by atoms with Gasteiger partial charge in [0.1, 0.15) is 11.5 Å². The topological polar surface area (TPSA) is 104 Å². The molecule has 0 atom stereocenters. The summed E-state index contributed by atoms with van der Waals surface area (Å²) < 4.78 is 11.9. The van der Waals surface area contributed by atoms with E-state index in [1.54, 1.807) is 31.4 Å². The SMILES string of the molecule is CCOc1ccc(-c2nnc(SCC(=O)Nc3ccc(OC)cc3)n2N)cc1. The van der Waals surface area contributed by atoms with Crippen molar-refractivity contribution in [1.82, 2.24) is 14.9 Å². The lowest BCUT2D eigenvalue weighted by atomic mass is 10.2. The van der Waals surface area contributed by atoms with E-state index in [0.717, 1.165) is 17.1 Å². The first-order chi connectivity index (χ1) is 13.6. The maximum atomic E-state index is 12.2. The number of benzene rings is 2. The Kier molecular flexibility index (Phi) is 6.38. The maximum Gasteiger partial charge on any atom is 0.234 e. The van der Waals surface area contributed by atoms with E-state index in [9.17, 15) is 4.79 Å². The first kappa shape index (κ1) is 19.6. The summed E-state index contributed by atoms with van der Waals surface area (Å²) in [6.45, 7) is 2.53. The molecule has 3 N–H and O–H groups in total. The van der Waals surface area contributed by atoms with Gasteiger partial charge in [-0.15, -0.1) is 10.2 Å². The number of aromatic nitrogens is 3. The van der Waals surface area contributed by atoms with Crippen molar-refractivity contribution in [3.8, 4) is 22.9 Å². The highest BCUT2D eigenvalue weighted by Gasteiger charge is 2.14. The zero-order valence-electron chi connectivity index (χ0n) is 15.6. The fourth-order valence-corrected chi connectivity index (χ4v) is 3.10. The van der Waals surface area contributed by atoms with E-state index in [4.69, 9.17) is 15.3 Å². The van der Waals surface area contributed by atoms with Crippen LogP contribution in [-0.2, 0) is 4.79 Å². The van der Waals surface area contributed by atoms with Gasteiger partial charge in [-0.1, -0.05) is 11.8 Å². The van der Waals surface area contributed by atoms with E-state index in [1.807, 2.05) is 31.2 Å². The second-order valence-electron chi connectivity index (χ2n) is 5.70. The molecule has 0 aliphatic heterocycles. The number of nitrogens with zero attached hydrogens (tertiary/aromatic N) is 3. The van der Waals surface area contributed by atoms with Gasteiger partial charge in [0, 0.05) is 11.3 Å². The summed E-state index contributed by atoms with van der Waals surface area (Å²) in [5.74, 6) is 8.11. The molecular weight excluding hydrogens is 378 g/mol. The molecule has 9 heteroatoms. The Hall–Kier alpha value is -3.20. The average Bonchev–Trinajstić information content (AvgIpc) is 3.08. The van der Waals surface area contributed by atoms with Gasteiger partial charge in [-0.3, -0.25) is 4.79 Å². The lowest BCUT2D eigenvalue weighted by molar-refractivity contribution is -0.113. The first-order valence-electron chi connectivity index (χ1n) is 8.61. The van der Waals surface area contributed by atoms with Crippen LogP contribution >= 0.6 is 11.8 Å². The van der Waals surface area contributed by atoms with E-state index < -0.39 is 0 Å². The molecule has 3 rings (SSSR count). The molecule has 0 bridgehead atoms. The van der Waals surface area contributed by atoms with Crippen molar-refractivity contribution in [2.75, 3.05) is 30.6 Å². The molecule has 8 nitrogen and oxygen atoms in total. The summed E-state index contributed by atoms with van der Waals surface area (Å²) in [6.07, 6.45) is 0. The van der Waals surface area contributed by atoms with Crippen LogP contribution in [0, 0.1) is 0 Å². The van der Waals surface area contributed by atoms with E-state index >= 15 is 0 Å². The van der Waals surface area contributed by atoms with Gasteiger partial charge >= 0.3 is 0 Å². The third kappa shape index (κ3) is 4.74. The Morgan fingerprint density at radius 2 is 1.79 bits per heavy atom. The second kappa shape index (κ2) is 9.14. The highest BCUT2D eigenvalue weighted by atomic mass is 32.2. The fraction of sp³-hybridized carbons (Fsp3) is 0.211. The van der Waals surface area contributed by atoms with Gasteiger partial charge in [-0.2, -0.15) is 0 Å². The second-order valence-corrected chi connectivity index (χ2v) is 6.64. The van der Waals surface area contributed by atoms with E-state index in [1.165, 1.54) is 16.4 Å². The van der Waals surface area contributed by atoms with E-state index in [0.29, 0.717) is 23.3 Å². The minimum Gasteiger partial charge on any atom is -0.497 e. The number of anilines is 1. The minimum absolute atomic E-state index is 0.157. The zero-order chi connectivity index (χ0) is 19.9. The molecule has 0 aliphatic rings. The number of nitrogen functional groups attached to an aromatic ring is 1. The summed E-state index contributed by atoms with van der Waals surface area (Å²) in [4.78, 5) is 12.2. The lowest BCUT2D eigenvalue weighted by Crippen LogP contribution is -2.16. The maximum absolute atomic E-state index is 12.2. The number of hydrogen-bond donors (Lipinski definition) is 2. The molecule has 1 aromatic heterocycles. The van der Waals surface area contributed by atoms with Gasteiger partial charge in [0.05, 0.1) is 19.5 Å². The summed E-state index contributed by atoms with van der Waals surface area (Å²) in [5, 5.41) is 11.5. The molecule has 3 aromatic rings. The molecule has 0 unspecified atom stereocenters. The fourth-order valence-electron chi connectivity index (χ4n) is 2.44. The third-order valence-corrected chi connectivity index (χ3v) is 4.74. The van der Waals surface area contributed by atoms with Gasteiger partial charge in [0.15, 0.2) is 5.82 Å². The lowest BCUT2D eigenvalue weighted by Gasteiger charge is -2.07. The molecule has 0 saturated carbocycles. The molecule has 0 radical (unpaired) electrons. The standard InChI is InChI=1S/C19H21N5O3S/c1-3-27-16-8-4-13(5-9-16)18-22-23-19(24(18)20)28-12-17(25)21-14-6-10-15(26-2)11-7-14/h4-11H,3,12,20H2,1-2H3,(H,21,25). The van der Waals surface area contributed by atoms with E-state index in [-0.39, 0.29) is 11.7 Å². The predicted molar refractivity (Wildman–Crippen MR) is 109 cm³/mol. The van der Waals surface area contributed by atoms with Crippen molar-refractivity contribution in [1.29, 1.82) is 0 Å². The Morgan fingerprint density at radius 1 is 1.11 bits per heavy atom. The van der Waals surface area contributed by atoms with Gasteiger partial charge < -0.3 is 20.6 Å². The molecule has 1 heterocycles. The van der Waals surface area contributed by atoms with Crippen LogP contribution in [0.15, 0.2) is 53.7 Å². The van der Waals surface area contributed by atoms with Crippen LogP contribution in [0.3, 0.4) is 0 Å². The molecule has 0 saturated heterocycles. The van der Waals surface area contributed by atoms with Crippen LogP contribution in [0.2, 0.25) is 0 Å². The molecule has 0 aliphatic carbocycles. The van der Waals surface area contributed by atoms with Crippen LogP contribution in [-0.4, -0.2) is 40.3 Å². The van der Waals surface area contributed by atoms with Crippen LogP contribution in [0.25, 0.3) is 11.4 Å². The van der Waals surface area contributed by atoms with Gasteiger partial charge in [0.2, 0.25) is 11.1 Å². The summed E-state index contributed by atoms with van der Waals surface area (Å²) in [5.41, 5.74) is 1.50. The Balaban J connectivity index is 1.59. The first-order valence-corrected chi connectivity index (χ1v) is 9.59. The number of nitrogens with one attached hydrogen (secondary N) is 1. The highest BCUT2D eigenvalue weighted by molar-refractivity contribution is 7.99. The number of methoxy groups -OCH3 is 1.